The van der Waals surface area contributed by atoms with Gasteiger partial charge in [0, 0.05) is 12.6 Å². The molecule has 0 aromatic carbocycles. The van der Waals surface area contributed by atoms with Crippen molar-refractivity contribution in [2.75, 3.05) is 32.7 Å². The number of hydrogen-bond donors (Lipinski definition) is 1. The third-order valence-electron chi connectivity index (χ3n) is 4.79. The molecule has 1 atom stereocenters. The van der Waals surface area contributed by atoms with Crippen LogP contribution in [0, 0.1) is 0 Å². The van der Waals surface area contributed by atoms with Crippen LogP contribution >= 0.6 is 0 Å². The molecule has 0 bridgehead atoms. The van der Waals surface area contributed by atoms with E-state index in [-0.39, 0.29) is 0 Å². The standard InChI is InChI=1S/C15H30N2O/c1-3-15(2,18)13-16-11-7-14(8-12-16)17-9-5-4-6-10-17/h14,18H,3-13H2,1-2H3. The molecular formula is C15H30N2O. The summed E-state index contributed by atoms with van der Waals surface area (Å²) in [6.07, 6.45) is 7.64. The maximum atomic E-state index is 10.1. The normalized spacial score (nSPS) is 28.2. The Balaban J connectivity index is 1.74. The maximum Gasteiger partial charge on any atom is 0.0743 e. The Hall–Kier alpha value is -0.120. The van der Waals surface area contributed by atoms with Gasteiger partial charge in [0.15, 0.2) is 0 Å². The summed E-state index contributed by atoms with van der Waals surface area (Å²) in [5.41, 5.74) is -0.502. The lowest BCUT2D eigenvalue weighted by molar-refractivity contribution is -0.0000829. The molecule has 2 fully saturated rings. The average Bonchev–Trinajstić information content (AvgIpc) is 2.40. The van der Waals surface area contributed by atoms with E-state index in [1.807, 2.05) is 6.92 Å². The van der Waals surface area contributed by atoms with Crippen molar-refractivity contribution in [3.63, 3.8) is 0 Å². The largest absolute Gasteiger partial charge is 0.389 e. The summed E-state index contributed by atoms with van der Waals surface area (Å²) in [5.74, 6) is 0. The maximum absolute atomic E-state index is 10.1. The van der Waals surface area contributed by atoms with Crippen LogP contribution in [0.15, 0.2) is 0 Å². The smallest absolute Gasteiger partial charge is 0.0743 e. The predicted octanol–water partition coefficient (Wildman–Crippen LogP) is 2.10. The van der Waals surface area contributed by atoms with Gasteiger partial charge in [-0.05, 0) is 65.2 Å². The topological polar surface area (TPSA) is 26.7 Å². The molecule has 3 heteroatoms. The van der Waals surface area contributed by atoms with Crippen molar-refractivity contribution in [1.29, 1.82) is 0 Å². The summed E-state index contributed by atoms with van der Waals surface area (Å²) in [5, 5.41) is 10.1. The van der Waals surface area contributed by atoms with Gasteiger partial charge in [0.25, 0.3) is 0 Å². The first-order chi connectivity index (χ1) is 8.61. The van der Waals surface area contributed by atoms with Crippen molar-refractivity contribution < 1.29 is 5.11 Å². The fraction of sp³-hybridized carbons (Fsp3) is 1.00. The third kappa shape index (κ3) is 3.94. The van der Waals surface area contributed by atoms with Crippen molar-refractivity contribution in [3.05, 3.63) is 0 Å². The zero-order chi connectivity index (χ0) is 13.0. The lowest BCUT2D eigenvalue weighted by atomic mass is 9.97. The molecule has 2 aliphatic rings. The summed E-state index contributed by atoms with van der Waals surface area (Å²) in [6.45, 7) is 9.84. The molecule has 2 aliphatic heterocycles. The molecule has 0 radical (unpaired) electrons. The van der Waals surface area contributed by atoms with Crippen LogP contribution in [0.2, 0.25) is 0 Å². The molecule has 0 saturated carbocycles. The Morgan fingerprint density at radius 3 is 2.22 bits per heavy atom. The molecule has 0 aliphatic carbocycles. The SMILES string of the molecule is CCC(C)(O)CN1CCC(N2CCCCC2)CC1. The first-order valence-corrected chi connectivity index (χ1v) is 7.79. The summed E-state index contributed by atoms with van der Waals surface area (Å²) in [6, 6.07) is 0.813. The highest BCUT2D eigenvalue weighted by atomic mass is 16.3. The Kier molecular flexibility index (Phi) is 5.05. The Morgan fingerprint density at radius 2 is 1.67 bits per heavy atom. The Labute approximate surface area is 112 Å². The van der Waals surface area contributed by atoms with Crippen molar-refractivity contribution in [2.24, 2.45) is 0 Å². The number of hydrogen-bond acceptors (Lipinski definition) is 3. The number of likely N-dealkylation sites (tertiary alicyclic amines) is 2. The van der Waals surface area contributed by atoms with Gasteiger partial charge in [0.05, 0.1) is 5.60 Å². The predicted molar refractivity (Wildman–Crippen MR) is 75.8 cm³/mol. The molecule has 1 N–H and O–H groups in total. The molecule has 0 aromatic heterocycles. The molecule has 0 aromatic rings. The Bertz CT molecular complexity index is 241. The van der Waals surface area contributed by atoms with Crippen molar-refractivity contribution >= 4 is 0 Å². The van der Waals surface area contributed by atoms with Gasteiger partial charge in [-0.1, -0.05) is 13.3 Å². The van der Waals surface area contributed by atoms with Crippen molar-refractivity contribution in [2.45, 2.75) is 64.0 Å². The van der Waals surface area contributed by atoms with E-state index in [1.54, 1.807) is 0 Å². The molecule has 1 unspecified atom stereocenters. The Morgan fingerprint density at radius 1 is 1.06 bits per heavy atom. The number of aliphatic hydroxyl groups is 1. The number of piperidine rings is 2. The molecule has 3 nitrogen and oxygen atoms in total. The van der Waals surface area contributed by atoms with Gasteiger partial charge in [-0.3, -0.25) is 0 Å². The summed E-state index contributed by atoms with van der Waals surface area (Å²) < 4.78 is 0. The minimum Gasteiger partial charge on any atom is -0.389 e. The molecule has 2 saturated heterocycles. The van der Waals surface area contributed by atoms with Crippen LogP contribution in [0.3, 0.4) is 0 Å². The first kappa shape index (κ1) is 14.3. The van der Waals surface area contributed by atoms with Gasteiger partial charge >= 0.3 is 0 Å². The number of rotatable bonds is 4. The monoisotopic (exact) mass is 254 g/mol. The first-order valence-electron chi connectivity index (χ1n) is 7.79. The highest BCUT2D eigenvalue weighted by Crippen LogP contribution is 2.22. The van der Waals surface area contributed by atoms with E-state index < -0.39 is 5.60 Å². The minimum absolute atomic E-state index is 0.502. The minimum atomic E-state index is -0.502. The number of β-amino-alcohol motifs (C(OH)–C–C–N with tert-alkyl or cyclic N) is 1. The van der Waals surface area contributed by atoms with Crippen LogP contribution in [0.4, 0.5) is 0 Å². The van der Waals surface area contributed by atoms with Crippen LogP contribution in [0.5, 0.6) is 0 Å². The molecule has 2 rings (SSSR count). The third-order valence-corrected chi connectivity index (χ3v) is 4.79. The van der Waals surface area contributed by atoms with Gasteiger partial charge in [-0.15, -0.1) is 0 Å². The van der Waals surface area contributed by atoms with Crippen LogP contribution in [0.1, 0.15) is 52.4 Å². The average molecular weight is 254 g/mol. The van der Waals surface area contributed by atoms with Crippen LogP contribution in [-0.2, 0) is 0 Å². The second-order valence-corrected chi connectivity index (χ2v) is 6.45. The highest BCUT2D eigenvalue weighted by Gasteiger charge is 2.28. The molecular weight excluding hydrogens is 224 g/mol. The molecule has 2 heterocycles. The quantitative estimate of drug-likeness (QED) is 0.832. The van der Waals surface area contributed by atoms with Gasteiger partial charge in [-0.2, -0.15) is 0 Å². The molecule has 0 amide bonds. The van der Waals surface area contributed by atoms with Crippen LogP contribution in [-0.4, -0.2) is 59.3 Å². The molecule has 106 valence electrons. The van der Waals surface area contributed by atoms with E-state index in [9.17, 15) is 5.11 Å². The zero-order valence-corrected chi connectivity index (χ0v) is 12.2. The highest BCUT2D eigenvalue weighted by molar-refractivity contribution is 4.84. The summed E-state index contributed by atoms with van der Waals surface area (Å²) in [4.78, 5) is 5.16. The second kappa shape index (κ2) is 6.36. The summed E-state index contributed by atoms with van der Waals surface area (Å²) in [7, 11) is 0. The van der Waals surface area contributed by atoms with Gasteiger partial charge in [-0.25, -0.2) is 0 Å². The summed E-state index contributed by atoms with van der Waals surface area (Å²) >= 11 is 0. The molecule has 18 heavy (non-hydrogen) atoms. The lowest BCUT2D eigenvalue weighted by Crippen LogP contribution is -2.49. The van der Waals surface area contributed by atoms with E-state index in [4.69, 9.17) is 0 Å². The van der Waals surface area contributed by atoms with Crippen molar-refractivity contribution in [3.8, 4) is 0 Å². The number of nitrogens with zero attached hydrogens (tertiary/aromatic N) is 2. The van der Waals surface area contributed by atoms with Gasteiger partial charge in [0.1, 0.15) is 0 Å². The van der Waals surface area contributed by atoms with E-state index in [2.05, 4.69) is 16.7 Å². The van der Waals surface area contributed by atoms with Gasteiger partial charge in [0.2, 0.25) is 0 Å². The fourth-order valence-corrected chi connectivity index (χ4v) is 3.32. The van der Waals surface area contributed by atoms with E-state index in [1.165, 1.54) is 45.2 Å². The van der Waals surface area contributed by atoms with E-state index >= 15 is 0 Å². The zero-order valence-electron chi connectivity index (χ0n) is 12.2. The molecule has 0 spiro atoms. The second-order valence-electron chi connectivity index (χ2n) is 6.45. The fourth-order valence-electron chi connectivity index (χ4n) is 3.32. The van der Waals surface area contributed by atoms with E-state index in [0.29, 0.717) is 0 Å². The lowest BCUT2D eigenvalue weighted by Gasteiger charge is -2.41. The van der Waals surface area contributed by atoms with Crippen LogP contribution < -0.4 is 0 Å². The van der Waals surface area contributed by atoms with Gasteiger partial charge < -0.3 is 14.9 Å². The van der Waals surface area contributed by atoms with Crippen molar-refractivity contribution in [1.82, 2.24) is 9.80 Å². The van der Waals surface area contributed by atoms with Crippen LogP contribution in [0.25, 0.3) is 0 Å². The van der Waals surface area contributed by atoms with E-state index in [0.717, 1.165) is 32.1 Å².